The van der Waals surface area contributed by atoms with Crippen molar-refractivity contribution in [3.8, 4) is 11.5 Å². The summed E-state index contributed by atoms with van der Waals surface area (Å²) in [6.45, 7) is 5.03. The number of rotatable bonds is 11. The SMILES string of the molecule is CCOc1cc(/C=C2/SC(=O)N(CC(=O)O[C@@H](C)CC)C2=O)ccc1OCC(=O)Nc1cccc(Cl)c1. The number of nitrogens with one attached hydrogen (secondary N) is 1. The standard InChI is InChI=1S/C26H27ClN2O7S/c1-4-16(3)36-24(31)14-29-25(32)22(37-26(29)33)12-17-9-10-20(21(11-17)34-5-2)35-15-23(30)28-19-8-6-7-18(27)13-19/h6-13,16H,4-5,14-15H2,1-3H3,(H,28,30)/b22-12+/t16-/m0/s1. The molecule has 3 amide bonds. The lowest BCUT2D eigenvalue weighted by molar-refractivity contribution is -0.150. The monoisotopic (exact) mass is 546 g/mol. The first kappa shape index (κ1) is 28.1. The lowest BCUT2D eigenvalue weighted by Crippen LogP contribution is -2.35. The molecule has 9 nitrogen and oxygen atoms in total. The van der Waals surface area contributed by atoms with Gasteiger partial charge in [0.05, 0.1) is 17.6 Å². The van der Waals surface area contributed by atoms with Crippen molar-refractivity contribution in [1.29, 1.82) is 0 Å². The zero-order valence-corrected chi connectivity index (χ0v) is 22.2. The Bertz CT molecular complexity index is 1220. The number of carbonyl (C=O) groups is 4. The molecular weight excluding hydrogens is 520 g/mol. The summed E-state index contributed by atoms with van der Waals surface area (Å²) in [4.78, 5) is 50.4. The molecule has 1 saturated heterocycles. The largest absolute Gasteiger partial charge is 0.490 e. The van der Waals surface area contributed by atoms with Gasteiger partial charge in [-0.25, -0.2) is 0 Å². The summed E-state index contributed by atoms with van der Waals surface area (Å²) < 4.78 is 16.5. The Morgan fingerprint density at radius 1 is 1.11 bits per heavy atom. The summed E-state index contributed by atoms with van der Waals surface area (Å²) in [6, 6.07) is 11.7. The molecule has 37 heavy (non-hydrogen) atoms. The number of imide groups is 1. The number of halogens is 1. The Kier molecular flexibility index (Phi) is 9.99. The minimum atomic E-state index is -0.641. The second-order valence-electron chi connectivity index (χ2n) is 7.96. The Morgan fingerprint density at radius 2 is 1.89 bits per heavy atom. The first-order chi connectivity index (χ1) is 17.7. The van der Waals surface area contributed by atoms with Crippen LogP contribution in [0.5, 0.6) is 11.5 Å². The molecule has 1 aliphatic heterocycles. The quantitative estimate of drug-likeness (QED) is 0.305. The number of hydrogen-bond acceptors (Lipinski definition) is 8. The van der Waals surface area contributed by atoms with Crippen LogP contribution in [0, 0.1) is 0 Å². The van der Waals surface area contributed by atoms with E-state index in [1.54, 1.807) is 56.3 Å². The molecular formula is C26H27ClN2O7S. The highest BCUT2D eigenvalue weighted by Gasteiger charge is 2.37. The maximum Gasteiger partial charge on any atom is 0.326 e. The van der Waals surface area contributed by atoms with Gasteiger partial charge in [-0.2, -0.15) is 0 Å². The lowest BCUT2D eigenvalue weighted by atomic mass is 10.2. The number of ether oxygens (including phenoxy) is 3. The van der Waals surface area contributed by atoms with E-state index >= 15 is 0 Å². The van der Waals surface area contributed by atoms with Gasteiger partial charge in [-0.3, -0.25) is 24.1 Å². The van der Waals surface area contributed by atoms with Gasteiger partial charge in [-0.05, 0) is 74.0 Å². The minimum Gasteiger partial charge on any atom is -0.490 e. The summed E-state index contributed by atoms with van der Waals surface area (Å²) in [5.74, 6) is -0.900. The van der Waals surface area contributed by atoms with Crippen LogP contribution >= 0.6 is 23.4 Å². The molecule has 0 aliphatic carbocycles. The van der Waals surface area contributed by atoms with Crippen molar-refractivity contribution in [3.05, 3.63) is 58.0 Å². The van der Waals surface area contributed by atoms with Gasteiger partial charge in [0.1, 0.15) is 6.54 Å². The Morgan fingerprint density at radius 3 is 2.59 bits per heavy atom. The van der Waals surface area contributed by atoms with Gasteiger partial charge in [0.15, 0.2) is 18.1 Å². The van der Waals surface area contributed by atoms with Crippen LogP contribution in [0.2, 0.25) is 5.02 Å². The number of amides is 3. The zero-order valence-electron chi connectivity index (χ0n) is 20.6. The normalized spacial score (nSPS) is 15.0. The van der Waals surface area contributed by atoms with Gasteiger partial charge in [-0.15, -0.1) is 0 Å². The smallest absolute Gasteiger partial charge is 0.326 e. The molecule has 2 aromatic carbocycles. The van der Waals surface area contributed by atoms with E-state index in [4.69, 9.17) is 25.8 Å². The number of hydrogen-bond donors (Lipinski definition) is 1. The van der Waals surface area contributed by atoms with Crippen LogP contribution in [0.4, 0.5) is 10.5 Å². The van der Waals surface area contributed by atoms with E-state index in [0.717, 1.165) is 16.7 Å². The first-order valence-corrected chi connectivity index (χ1v) is 12.8. The van der Waals surface area contributed by atoms with Crippen LogP contribution < -0.4 is 14.8 Å². The third kappa shape index (κ3) is 7.99. The zero-order chi connectivity index (χ0) is 26.9. The van der Waals surface area contributed by atoms with E-state index < -0.39 is 23.7 Å². The molecule has 3 rings (SSSR count). The fraction of sp³-hybridized carbons (Fsp3) is 0.308. The highest BCUT2D eigenvalue weighted by Crippen LogP contribution is 2.34. The number of benzene rings is 2. The molecule has 1 atom stereocenters. The molecule has 0 aromatic heterocycles. The van der Waals surface area contributed by atoms with Gasteiger partial charge in [0, 0.05) is 10.7 Å². The fourth-order valence-corrected chi connectivity index (χ4v) is 4.20. The fourth-order valence-electron chi connectivity index (χ4n) is 3.17. The van der Waals surface area contributed by atoms with Gasteiger partial charge in [0.25, 0.3) is 17.1 Å². The third-order valence-corrected chi connectivity index (χ3v) is 6.24. The molecule has 0 radical (unpaired) electrons. The van der Waals surface area contributed by atoms with E-state index in [1.807, 2.05) is 6.92 Å². The van der Waals surface area contributed by atoms with E-state index in [2.05, 4.69) is 5.32 Å². The number of esters is 1. The number of anilines is 1. The summed E-state index contributed by atoms with van der Waals surface area (Å²) >= 11 is 6.67. The molecule has 0 bridgehead atoms. The van der Waals surface area contributed by atoms with Crippen molar-refractivity contribution >= 4 is 58.1 Å². The molecule has 1 N–H and O–H groups in total. The van der Waals surface area contributed by atoms with Crippen molar-refractivity contribution in [2.45, 2.75) is 33.3 Å². The summed E-state index contributed by atoms with van der Waals surface area (Å²) in [6.07, 6.45) is 1.86. The average molecular weight is 547 g/mol. The van der Waals surface area contributed by atoms with Crippen molar-refractivity contribution in [2.24, 2.45) is 0 Å². The second-order valence-corrected chi connectivity index (χ2v) is 9.39. The number of carbonyl (C=O) groups excluding carboxylic acids is 4. The number of nitrogens with zero attached hydrogens (tertiary/aromatic N) is 1. The third-order valence-electron chi connectivity index (χ3n) is 5.10. The van der Waals surface area contributed by atoms with Crippen LogP contribution in [0.1, 0.15) is 32.8 Å². The Labute approximate surface area is 224 Å². The van der Waals surface area contributed by atoms with Crippen molar-refractivity contribution in [1.82, 2.24) is 4.90 Å². The molecule has 1 fully saturated rings. The molecule has 1 heterocycles. The highest BCUT2D eigenvalue weighted by atomic mass is 35.5. The maximum atomic E-state index is 12.7. The predicted octanol–water partition coefficient (Wildman–Crippen LogP) is 5.13. The summed E-state index contributed by atoms with van der Waals surface area (Å²) in [7, 11) is 0. The number of thioether (sulfide) groups is 1. The lowest BCUT2D eigenvalue weighted by Gasteiger charge is -2.15. The topological polar surface area (TPSA) is 111 Å². The summed E-state index contributed by atoms with van der Waals surface area (Å²) in [5, 5.41) is 2.64. The Hall–Kier alpha value is -3.50. The minimum absolute atomic E-state index is 0.165. The first-order valence-electron chi connectivity index (χ1n) is 11.6. The van der Waals surface area contributed by atoms with Gasteiger partial charge >= 0.3 is 5.97 Å². The Balaban J connectivity index is 1.67. The van der Waals surface area contributed by atoms with Crippen molar-refractivity contribution < 1.29 is 33.4 Å². The van der Waals surface area contributed by atoms with Gasteiger partial charge < -0.3 is 19.5 Å². The van der Waals surface area contributed by atoms with E-state index in [-0.39, 0.29) is 23.5 Å². The average Bonchev–Trinajstić information content (AvgIpc) is 3.10. The van der Waals surface area contributed by atoms with Crippen LogP contribution in [-0.4, -0.2) is 53.8 Å². The van der Waals surface area contributed by atoms with Gasteiger partial charge in [0.2, 0.25) is 0 Å². The molecule has 0 unspecified atom stereocenters. The predicted molar refractivity (Wildman–Crippen MR) is 142 cm³/mol. The van der Waals surface area contributed by atoms with Crippen LogP contribution in [0.3, 0.4) is 0 Å². The van der Waals surface area contributed by atoms with E-state index in [9.17, 15) is 19.2 Å². The highest BCUT2D eigenvalue weighted by molar-refractivity contribution is 8.18. The van der Waals surface area contributed by atoms with Crippen molar-refractivity contribution in [3.63, 3.8) is 0 Å². The van der Waals surface area contributed by atoms with Crippen molar-refractivity contribution in [2.75, 3.05) is 25.1 Å². The van der Waals surface area contributed by atoms with E-state index in [0.29, 0.717) is 40.8 Å². The maximum absolute atomic E-state index is 12.7. The van der Waals surface area contributed by atoms with Crippen LogP contribution in [0.15, 0.2) is 47.4 Å². The molecule has 0 spiro atoms. The molecule has 1 aliphatic rings. The molecule has 2 aromatic rings. The molecule has 196 valence electrons. The van der Waals surface area contributed by atoms with E-state index in [1.165, 1.54) is 6.08 Å². The summed E-state index contributed by atoms with van der Waals surface area (Å²) in [5.41, 5.74) is 1.12. The molecule has 0 saturated carbocycles. The molecule has 11 heteroatoms. The van der Waals surface area contributed by atoms with Gasteiger partial charge in [-0.1, -0.05) is 30.7 Å². The van der Waals surface area contributed by atoms with Crippen LogP contribution in [0.25, 0.3) is 6.08 Å². The second kappa shape index (κ2) is 13.2. The van der Waals surface area contributed by atoms with Crippen LogP contribution in [-0.2, 0) is 19.1 Å².